The van der Waals surface area contributed by atoms with Gasteiger partial charge < -0.3 is 16.0 Å². The van der Waals surface area contributed by atoms with Gasteiger partial charge in [0.2, 0.25) is 5.91 Å². The molecule has 1 atom stereocenters. The smallest absolute Gasteiger partial charge is 0.275 e. The zero-order valence-corrected chi connectivity index (χ0v) is 19.8. The van der Waals surface area contributed by atoms with Gasteiger partial charge in [0.25, 0.3) is 5.91 Å². The number of hydrogen-bond donors (Lipinski definition) is 2. The number of nitrogens with zero attached hydrogens (tertiary/aromatic N) is 2. The van der Waals surface area contributed by atoms with E-state index in [0.717, 1.165) is 46.3 Å². The van der Waals surface area contributed by atoms with Crippen LogP contribution in [0.4, 0.5) is 11.4 Å². The molecule has 8 heteroatoms. The molecular weight excluding hydrogens is 440 g/mol. The predicted molar refractivity (Wildman–Crippen MR) is 133 cm³/mol. The number of hydrogen-bond acceptors (Lipinski definition) is 6. The first kappa shape index (κ1) is 22.5. The number of nitrogens with two attached hydrogens (primary N) is 1. The van der Waals surface area contributed by atoms with Gasteiger partial charge in [0.1, 0.15) is 10.7 Å². The Morgan fingerprint density at radius 1 is 1.28 bits per heavy atom. The largest absolute Gasteiger partial charge is 0.370 e. The summed E-state index contributed by atoms with van der Waals surface area (Å²) in [6.07, 6.45) is 4.90. The number of piperidine rings is 1. The molecule has 3 heterocycles. The predicted octanol–water partition coefficient (Wildman–Crippen LogP) is 5.17. The fraction of sp³-hybridized carbons (Fsp3) is 0.375. The molecule has 3 N–H and O–H groups in total. The summed E-state index contributed by atoms with van der Waals surface area (Å²) in [4.78, 5) is 32.4. The van der Waals surface area contributed by atoms with Crippen molar-refractivity contribution in [2.24, 2.45) is 11.7 Å². The van der Waals surface area contributed by atoms with Crippen LogP contribution >= 0.6 is 22.7 Å². The number of amides is 2. The number of rotatable bonds is 8. The lowest BCUT2D eigenvalue weighted by atomic mass is 9.93. The molecule has 1 saturated heterocycles. The summed E-state index contributed by atoms with van der Waals surface area (Å²) in [5, 5.41) is 7.70. The van der Waals surface area contributed by atoms with Crippen molar-refractivity contribution in [2.75, 3.05) is 23.3 Å². The second-order valence-electron chi connectivity index (χ2n) is 8.21. The third-order valence-electron chi connectivity index (χ3n) is 5.71. The number of thiophene rings is 1. The van der Waals surface area contributed by atoms with Crippen molar-refractivity contribution in [1.29, 1.82) is 0 Å². The summed E-state index contributed by atoms with van der Waals surface area (Å²) in [7, 11) is 0. The Hall–Kier alpha value is -2.71. The lowest BCUT2D eigenvalue weighted by Gasteiger charge is -2.35. The van der Waals surface area contributed by atoms with E-state index in [1.807, 2.05) is 35.7 Å². The molecular formula is C24H28N4O2S2. The zero-order chi connectivity index (χ0) is 22.5. The van der Waals surface area contributed by atoms with Crippen LogP contribution in [0.2, 0.25) is 0 Å². The summed E-state index contributed by atoms with van der Waals surface area (Å²) in [6.45, 7) is 4.11. The first-order chi connectivity index (χ1) is 15.5. The molecule has 3 aromatic rings. The molecule has 0 spiro atoms. The van der Waals surface area contributed by atoms with Crippen molar-refractivity contribution in [3.8, 4) is 9.88 Å². The third-order valence-corrected chi connectivity index (χ3v) is 7.60. The summed E-state index contributed by atoms with van der Waals surface area (Å²) < 4.78 is 0. The van der Waals surface area contributed by atoms with Crippen molar-refractivity contribution >= 4 is 45.9 Å². The quantitative estimate of drug-likeness (QED) is 0.477. The molecule has 6 nitrogen and oxygen atoms in total. The Bertz CT molecular complexity index is 1080. The highest BCUT2D eigenvalue weighted by molar-refractivity contribution is 7.20. The molecule has 0 radical (unpaired) electrons. The first-order valence-electron chi connectivity index (χ1n) is 11.0. The Morgan fingerprint density at radius 3 is 2.91 bits per heavy atom. The molecule has 4 rings (SSSR count). The zero-order valence-electron chi connectivity index (χ0n) is 18.2. The summed E-state index contributed by atoms with van der Waals surface area (Å²) in [6, 6.07) is 9.71. The van der Waals surface area contributed by atoms with E-state index in [9.17, 15) is 9.59 Å². The van der Waals surface area contributed by atoms with Crippen LogP contribution < -0.4 is 16.0 Å². The lowest BCUT2D eigenvalue weighted by Crippen LogP contribution is -2.36. The molecule has 2 aromatic heterocycles. The van der Waals surface area contributed by atoms with E-state index in [2.05, 4.69) is 22.1 Å². The van der Waals surface area contributed by atoms with Gasteiger partial charge in [0.05, 0.1) is 22.7 Å². The molecule has 168 valence electrons. The highest BCUT2D eigenvalue weighted by atomic mass is 32.1. The summed E-state index contributed by atoms with van der Waals surface area (Å²) >= 11 is 3.08. The van der Waals surface area contributed by atoms with Crippen molar-refractivity contribution in [2.45, 2.75) is 39.0 Å². The topological polar surface area (TPSA) is 88.3 Å². The molecule has 1 unspecified atom stereocenters. The second kappa shape index (κ2) is 10.3. The highest BCUT2D eigenvalue weighted by Gasteiger charge is 2.23. The first-order valence-corrected chi connectivity index (χ1v) is 12.8. The summed E-state index contributed by atoms with van der Waals surface area (Å²) in [5.41, 5.74) is 8.38. The number of carbonyl (C=O) groups excluding carboxylic acids is 2. The number of carbonyl (C=O) groups is 2. The van der Waals surface area contributed by atoms with E-state index >= 15 is 0 Å². The van der Waals surface area contributed by atoms with Gasteiger partial charge in [0.15, 0.2) is 0 Å². The van der Waals surface area contributed by atoms with Gasteiger partial charge in [-0.05, 0) is 54.3 Å². The minimum absolute atomic E-state index is 0.184. The monoisotopic (exact) mass is 468 g/mol. The van der Waals surface area contributed by atoms with Crippen LogP contribution in [0, 0.1) is 5.92 Å². The number of aromatic nitrogens is 1. The minimum atomic E-state index is -0.362. The molecule has 2 amide bonds. The van der Waals surface area contributed by atoms with Crippen LogP contribution in [0.1, 0.15) is 48.7 Å². The van der Waals surface area contributed by atoms with Gasteiger partial charge >= 0.3 is 0 Å². The fourth-order valence-corrected chi connectivity index (χ4v) is 5.88. The molecule has 0 aliphatic carbocycles. The van der Waals surface area contributed by atoms with E-state index in [4.69, 9.17) is 5.73 Å². The lowest BCUT2D eigenvalue weighted by molar-refractivity contribution is -0.117. The van der Waals surface area contributed by atoms with Crippen LogP contribution in [0.25, 0.3) is 9.88 Å². The van der Waals surface area contributed by atoms with Gasteiger partial charge in [-0.15, -0.1) is 22.7 Å². The average Bonchev–Trinajstić information content (AvgIpc) is 3.47. The Labute approximate surface area is 196 Å². The molecule has 1 fully saturated rings. The maximum Gasteiger partial charge on any atom is 0.275 e. The third kappa shape index (κ3) is 5.37. The number of anilines is 2. The molecule has 1 aromatic carbocycles. The molecule has 0 bridgehead atoms. The molecule has 0 saturated carbocycles. The van der Waals surface area contributed by atoms with Gasteiger partial charge in [-0.2, -0.15) is 0 Å². The van der Waals surface area contributed by atoms with Crippen molar-refractivity contribution in [1.82, 2.24) is 4.98 Å². The van der Waals surface area contributed by atoms with Crippen LogP contribution in [-0.4, -0.2) is 29.9 Å². The normalized spacial score (nSPS) is 16.2. The number of thiazole rings is 1. The van der Waals surface area contributed by atoms with Gasteiger partial charge in [-0.1, -0.05) is 25.5 Å². The maximum atomic E-state index is 13.0. The number of benzene rings is 1. The van der Waals surface area contributed by atoms with Crippen LogP contribution in [0.5, 0.6) is 0 Å². The van der Waals surface area contributed by atoms with Crippen molar-refractivity contribution < 1.29 is 9.59 Å². The van der Waals surface area contributed by atoms with Crippen molar-refractivity contribution in [3.05, 3.63) is 52.3 Å². The molecule has 32 heavy (non-hydrogen) atoms. The SMILES string of the molecule is CCCC1CCCN(c2cc(CC(N)=O)ccc2NC(=O)c2csc(-c3cccs3)n2)C1. The second-order valence-corrected chi connectivity index (χ2v) is 10.0. The standard InChI is InChI=1S/C24H28N4O2S2/c1-2-5-16-6-3-10-28(14-16)20-12-17(13-22(25)29)8-9-18(20)26-23(30)19-15-32-24(27-19)21-7-4-11-31-21/h4,7-9,11-12,15-16H,2-3,5-6,10,13-14H2,1H3,(H2,25,29)(H,26,30). The maximum absolute atomic E-state index is 13.0. The Balaban J connectivity index is 1.58. The van der Waals surface area contributed by atoms with Crippen LogP contribution in [-0.2, 0) is 11.2 Å². The Kier molecular flexibility index (Phi) is 7.22. The van der Waals surface area contributed by atoms with E-state index < -0.39 is 0 Å². The van der Waals surface area contributed by atoms with E-state index in [1.165, 1.54) is 30.6 Å². The van der Waals surface area contributed by atoms with Gasteiger partial charge in [-0.3, -0.25) is 9.59 Å². The molecule has 1 aliphatic rings. The Morgan fingerprint density at radius 2 is 2.16 bits per heavy atom. The number of nitrogens with one attached hydrogen (secondary N) is 1. The van der Waals surface area contributed by atoms with E-state index in [0.29, 0.717) is 11.6 Å². The minimum Gasteiger partial charge on any atom is -0.370 e. The molecule has 1 aliphatic heterocycles. The van der Waals surface area contributed by atoms with Crippen LogP contribution in [0.3, 0.4) is 0 Å². The van der Waals surface area contributed by atoms with E-state index in [1.54, 1.807) is 16.7 Å². The average molecular weight is 469 g/mol. The summed E-state index contributed by atoms with van der Waals surface area (Å²) in [5.74, 6) is 0.0536. The highest BCUT2D eigenvalue weighted by Crippen LogP contribution is 2.33. The van der Waals surface area contributed by atoms with Crippen LogP contribution in [0.15, 0.2) is 41.1 Å². The van der Waals surface area contributed by atoms with Gasteiger partial charge in [-0.25, -0.2) is 4.98 Å². The fourth-order valence-electron chi connectivity index (χ4n) is 4.26. The van der Waals surface area contributed by atoms with E-state index in [-0.39, 0.29) is 18.2 Å². The van der Waals surface area contributed by atoms with Gasteiger partial charge in [0, 0.05) is 18.5 Å². The number of primary amides is 1. The van der Waals surface area contributed by atoms with Crippen molar-refractivity contribution in [3.63, 3.8) is 0 Å².